The summed E-state index contributed by atoms with van der Waals surface area (Å²) >= 11 is 0. The smallest absolute Gasteiger partial charge is 0.0949 e. The van der Waals surface area contributed by atoms with E-state index in [-0.39, 0.29) is 0 Å². The van der Waals surface area contributed by atoms with Crippen LogP contribution >= 0.6 is 0 Å². The first-order valence-corrected chi connectivity index (χ1v) is 4.37. The second kappa shape index (κ2) is 4.26. The lowest BCUT2D eigenvalue weighted by Crippen LogP contribution is -2.17. The molecule has 0 N–H and O–H groups in total. The van der Waals surface area contributed by atoms with Gasteiger partial charge in [-0.1, -0.05) is 6.92 Å². The van der Waals surface area contributed by atoms with E-state index in [1.807, 2.05) is 6.33 Å². The average Bonchev–Trinajstić information content (AvgIpc) is 2.48. The summed E-state index contributed by atoms with van der Waals surface area (Å²) in [6.45, 7) is 4.22. The Morgan fingerprint density at radius 3 is 2.75 bits per heavy atom. The van der Waals surface area contributed by atoms with Crippen LogP contribution in [0.25, 0.3) is 0 Å². The van der Waals surface area contributed by atoms with Crippen molar-refractivity contribution in [1.29, 1.82) is 0 Å². The fourth-order valence-electron chi connectivity index (χ4n) is 1.03. The van der Waals surface area contributed by atoms with Crippen molar-refractivity contribution in [3.8, 4) is 0 Å². The van der Waals surface area contributed by atoms with E-state index in [2.05, 4.69) is 41.7 Å². The summed E-state index contributed by atoms with van der Waals surface area (Å²) in [6, 6.07) is 0. The van der Waals surface area contributed by atoms with Crippen molar-refractivity contribution >= 4 is 0 Å². The standard InChI is InChI=1S/C9H17N3/c1-4-9-7-12(8-10-9)6-5-11(2)3/h7-8H,4-6H2,1-3H3. The van der Waals surface area contributed by atoms with Crippen molar-refractivity contribution in [3.63, 3.8) is 0 Å². The van der Waals surface area contributed by atoms with Crippen LogP contribution in [-0.2, 0) is 13.0 Å². The molecule has 0 amide bonds. The van der Waals surface area contributed by atoms with E-state index < -0.39 is 0 Å². The lowest BCUT2D eigenvalue weighted by molar-refractivity contribution is 0.384. The minimum Gasteiger partial charge on any atom is -0.336 e. The van der Waals surface area contributed by atoms with Gasteiger partial charge in [0.15, 0.2) is 0 Å². The molecule has 0 atom stereocenters. The number of imidazole rings is 1. The van der Waals surface area contributed by atoms with E-state index in [1.54, 1.807) is 0 Å². The molecule has 0 fully saturated rings. The van der Waals surface area contributed by atoms with Crippen LogP contribution in [0.15, 0.2) is 12.5 Å². The van der Waals surface area contributed by atoms with Gasteiger partial charge in [-0.25, -0.2) is 4.98 Å². The van der Waals surface area contributed by atoms with Crippen LogP contribution in [0.2, 0.25) is 0 Å². The van der Waals surface area contributed by atoms with Gasteiger partial charge in [0.1, 0.15) is 0 Å². The van der Waals surface area contributed by atoms with Crippen molar-refractivity contribution < 1.29 is 0 Å². The molecule has 0 aliphatic heterocycles. The molecule has 1 aromatic rings. The zero-order valence-electron chi connectivity index (χ0n) is 8.12. The summed E-state index contributed by atoms with van der Waals surface area (Å²) in [5.41, 5.74) is 1.17. The Bertz CT molecular complexity index is 227. The summed E-state index contributed by atoms with van der Waals surface area (Å²) in [6.07, 6.45) is 5.04. The predicted molar refractivity (Wildman–Crippen MR) is 50.2 cm³/mol. The van der Waals surface area contributed by atoms with Crippen LogP contribution in [0.3, 0.4) is 0 Å². The Morgan fingerprint density at radius 2 is 2.25 bits per heavy atom. The molecular weight excluding hydrogens is 150 g/mol. The van der Waals surface area contributed by atoms with E-state index in [0.29, 0.717) is 0 Å². The van der Waals surface area contributed by atoms with Gasteiger partial charge in [0, 0.05) is 19.3 Å². The first kappa shape index (κ1) is 9.26. The molecule has 3 heteroatoms. The van der Waals surface area contributed by atoms with Crippen LogP contribution in [0.5, 0.6) is 0 Å². The number of aryl methyl sites for hydroxylation is 1. The molecule has 1 heterocycles. The molecule has 12 heavy (non-hydrogen) atoms. The first-order chi connectivity index (χ1) is 5.72. The number of hydrogen-bond donors (Lipinski definition) is 0. The average molecular weight is 167 g/mol. The number of rotatable bonds is 4. The van der Waals surface area contributed by atoms with E-state index in [1.165, 1.54) is 5.69 Å². The monoisotopic (exact) mass is 167 g/mol. The summed E-state index contributed by atoms with van der Waals surface area (Å²) in [5.74, 6) is 0. The number of aromatic nitrogens is 2. The fourth-order valence-corrected chi connectivity index (χ4v) is 1.03. The minimum absolute atomic E-state index is 1.02. The Morgan fingerprint density at radius 1 is 1.50 bits per heavy atom. The van der Waals surface area contributed by atoms with E-state index >= 15 is 0 Å². The highest BCUT2D eigenvalue weighted by Crippen LogP contribution is 1.96. The molecule has 0 saturated carbocycles. The van der Waals surface area contributed by atoms with Gasteiger partial charge in [0.25, 0.3) is 0 Å². The van der Waals surface area contributed by atoms with Crippen LogP contribution in [-0.4, -0.2) is 35.1 Å². The van der Waals surface area contributed by atoms with E-state index in [4.69, 9.17) is 0 Å². The van der Waals surface area contributed by atoms with Crippen molar-refractivity contribution in [2.45, 2.75) is 19.9 Å². The number of likely N-dealkylation sites (N-methyl/N-ethyl adjacent to an activating group) is 1. The van der Waals surface area contributed by atoms with Crippen LogP contribution in [0.4, 0.5) is 0 Å². The summed E-state index contributed by atoms with van der Waals surface area (Å²) in [7, 11) is 4.16. The van der Waals surface area contributed by atoms with E-state index in [0.717, 1.165) is 19.5 Å². The highest BCUT2D eigenvalue weighted by molar-refractivity contribution is 4.95. The summed E-state index contributed by atoms with van der Waals surface area (Å²) in [5, 5.41) is 0. The second-order valence-corrected chi connectivity index (χ2v) is 3.26. The summed E-state index contributed by atoms with van der Waals surface area (Å²) in [4.78, 5) is 6.43. The van der Waals surface area contributed by atoms with Gasteiger partial charge in [-0.05, 0) is 20.5 Å². The Balaban J connectivity index is 2.41. The normalized spacial score (nSPS) is 11.0. The van der Waals surface area contributed by atoms with Gasteiger partial charge in [0.05, 0.1) is 12.0 Å². The molecule has 3 nitrogen and oxygen atoms in total. The van der Waals surface area contributed by atoms with Crippen molar-refractivity contribution in [2.24, 2.45) is 0 Å². The highest BCUT2D eigenvalue weighted by atomic mass is 15.1. The van der Waals surface area contributed by atoms with Crippen molar-refractivity contribution in [1.82, 2.24) is 14.5 Å². The Labute approximate surface area is 74.0 Å². The molecule has 0 radical (unpaired) electrons. The van der Waals surface area contributed by atoms with Gasteiger partial charge in [-0.2, -0.15) is 0 Å². The number of nitrogens with zero attached hydrogens (tertiary/aromatic N) is 3. The molecule has 0 bridgehead atoms. The molecule has 0 aromatic carbocycles. The maximum absolute atomic E-state index is 4.26. The fraction of sp³-hybridized carbons (Fsp3) is 0.667. The van der Waals surface area contributed by atoms with Gasteiger partial charge >= 0.3 is 0 Å². The maximum Gasteiger partial charge on any atom is 0.0949 e. The lowest BCUT2D eigenvalue weighted by Gasteiger charge is -2.08. The zero-order valence-corrected chi connectivity index (χ0v) is 8.12. The highest BCUT2D eigenvalue weighted by Gasteiger charge is 1.95. The van der Waals surface area contributed by atoms with Crippen LogP contribution in [0.1, 0.15) is 12.6 Å². The van der Waals surface area contributed by atoms with Crippen LogP contribution in [0, 0.1) is 0 Å². The predicted octanol–water partition coefficient (Wildman–Crippen LogP) is 1.01. The maximum atomic E-state index is 4.26. The van der Waals surface area contributed by atoms with E-state index in [9.17, 15) is 0 Å². The molecule has 1 rings (SSSR count). The lowest BCUT2D eigenvalue weighted by atomic mass is 10.4. The second-order valence-electron chi connectivity index (χ2n) is 3.26. The molecule has 0 saturated heterocycles. The topological polar surface area (TPSA) is 21.1 Å². The largest absolute Gasteiger partial charge is 0.336 e. The Hall–Kier alpha value is -0.830. The first-order valence-electron chi connectivity index (χ1n) is 4.37. The molecule has 68 valence electrons. The molecule has 0 unspecified atom stereocenters. The molecule has 0 spiro atoms. The minimum atomic E-state index is 1.02. The molecule has 1 aromatic heterocycles. The van der Waals surface area contributed by atoms with Gasteiger partial charge in [-0.3, -0.25) is 0 Å². The Kier molecular flexibility index (Phi) is 3.29. The van der Waals surface area contributed by atoms with Gasteiger partial charge in [0.2, 0.25) is 0 Å². The third kappa shape index (κ3) is 2.66. The number of hydrogen-bond acceptors (Lipinski definition) is 2. The van der Waals surface area contributed by atoms with Gasteiger partial charge < -0.3 is 9.47 Å². The molecule has 0 aliphatic carbocycles. The summed E-state index contributed by atoms with van der Waals surface area (Å²) < 4.78 is 2.14. The third-order valence-electron chi connectivity index (χ3n) is 1.85. The SMILES string of the molecule is CCc1cn(CCN(C)C)cn1. The molecule has 0 aliphatic rings. The zero-order chi connectivity index (χ0) is 8.97. The van der Waals surface area contributed by atoms with Crippen LogP contribution < -0.4 is 0 Å². The van der Waals surface area contributed by atoms with Crippen molar-refractivity contribution in [2.75, 3.05) is 20.6 Å². The third-order valence-corrected chi connectivity index (χ3v) is 1.85. The van der Waals surface area contributed by atoms with Crippen molar-refractivity contribution in [3.05, 3.63) is 18.2 Å². The molecular formula is C9H17N3. The van der Waals surface area contributed by atoms with Gasteiger partial charge in [-0.15, -0.1) is 0 Å². The quantitative estimate of drug-likeness (QED) is 0.667.